The van der Waals surface area contributed by atoms with E-state index in [9.17, 15) is 9.90 Å². The van der Waals surface area contributed by atoms with Gasteiger partial charge in [0.1, 0.15) is 0 Å². The van der Waals surface area contributed by atoms with Gasteiger partial charge >= 0.3 is 5.97 Å². The van der Waals surface area contributed by atoms with Gasteiger partial charge in [-0.25, -0.2) is 4.79 Å². The number of aliphatic hydroxyl groups excluding tert-OH is 1. The lowest BCUT2D eigenvalue weighted by Gasteiger charge is -2.34. The number of piperidine rings is 1. The minimum absolute atomic E-state index is 0.202. The van der Waals surface area contributed by atoms with Gasteiger partial charge < -0.3 is 9.84 Å². The molecule has 2 atom stereocenters. The van der Waals surface area contributed by atoms with Gasteiger partial charge in [0, 0.05) is 19.6 Å². The highest BCUT2D eigenvalue weighted by Gasteiger charge is 2.25. The third-order valence-corrected chi connectivity index (χ3v) is 3.76. The van der Waals surface area contributed by atoms with Crippen molar-refractivity contribution in [3.05, 3.63) is 35.4 Å². The smallest absolute Gasteiger partial charge is 0.338 e. The summed E-state index contributed by atoms with van der Waals surface area (Å²) in [7, 11) is 1.40. The predicted molar refractivity (Wildman–Crippen MR) is 72.8 cm³/mol. The summed E-state index contributed by atoms with van der Waals surface area (Å²) in [6, 6.07) is 7.54. The topological polar surface area (TPSA) is 49.8 Å². The molecule has 0 amide bonds. The van der Waals surface area contributed by atoms with Gasteiger partial charge in [-0.1, -0.05) is 25.1 Å². The van der Waals surface area contributed by atoms with E-state index in [-0.39, 0.29) is 18.0 Å². The van der Waals surface area contributed by atoms with Crippen LogP contribution in [0, 0.1) is 5.92 Å². The third kappa shape index (κ3) is 3.33. The minimum Gasteiger partial charge on any atom is -0.465 e. The van der Waals surface area contributed by atoms with Crippen molar-refractivity contribution in [1.82, 2.24) is 4.90 Å². The molecule has 2 rings (SSSR count). The van der Waals surface area contributed by atoms with Gasteiger partial charge in [-0.05, 0) is 24.0 Å². The maximum Gasteiger partial charge on any atom is 0.338 e. The van der Waals surface area contributed by atoms with E-state index in [2.05, 4.69) is 11.8 Å². The molecule has 1 N–H and O–H groups in total. The van der Waals surface area contributed by atoms with E-state index in [0.717, 1.165) is 31.6 Å². The van der Waals surface area contributed by atoms with Crippen LogP contribution in [0.15, 0.2) is 24.3 Å². The van der Waals surface area contributed by atoms with Crippen molar-refractivity contribution >= 4 is 5.97 Å². The lowest BCUT2D eigenvalue weighted by Crippen LogP contribution is -2.41. The Morgan fingerprint density at radius 2 is 2.21 bits per heavy atom. The van der Waals surface area contributed by atoms with Crippen LogP contribution in [0.4, 0.5) is 0 Å². The van der Waals surface area contributed by atoms with E-state index in [1.54, 1.807) is 6.07 Å². The Hall–Kier alpha value is -1.39. The molecule has 1 aliphatic heterocycles. The second-order valence-corrected chi connectivity index (χ2v) is 5.22. The molecular weight excluding hydrogens is 242 g/mol. The van der Waals surface area contributed by atoms with Gasteiger partial charge in [-0.3, -0.25) is 4.90 Å². The van der Waals surface area contributed by atoms with Crippen molar-refractivity contribution in [3.8, 4) is 0 Å². The van der Waals surface area contributed by atoms with Crippen LogP contribution in [0.1, 0.15) is 29.3 Å². The number of rotatable bonds is 3. The first-order chi connectivity index (χ1) is 9.11. The van der Waals surface area contributed by atoms with E-state index in [4.69, 9.17) is 4.74 Å². The van der Waals surface area contributed by atoms with Crippen molar-refractivity contribution in [3.63, 3.8) is 0 Å². The Balaban J connectivity index is 2.09. The van der Waals surface area contributed by atoms with Gasteiger partial charge in [0.05, 0.1) is 18.8 Å². The van der Waals surface area contributed by atoms with Crippen molar-refractivity contribution in [2.24, 2.45) is 5.92 Å². The molecule has 0 spiro atoms. The number of benzene rings is 1. The van der Waals surface area contributed by atoms with Crippen LogP contribution in [0.5, 0.6) is 0 Å². The lowest BCUT2D eigenvalue weighted by atomic mass is 9.96. The molecule has 0 saturated carbocycles. The summed E-state index contributed by atoms with van der Waals surface area (Å²) in [5.74, 6) is -0.0141. The molecule has 1 heterocycles. The lowest BCUT2D eigenvalue weighted by molar-refractivity contribution is 0.0316. The summed E-state index contributed by atoms with van der Waals surface area (Å²) in [5, 5.41) is 9.74. The molecule has 4 nitrogen and oxygen atoms in total. The van der Waals surface area contributed by atoms with Gasteiger partial charge in [-0.2, -0.15) is 0 Å². The number of nitrogens with zero attached hydrogens (tertiary/aromatic N) is 1. The Kier molecular flexibility index (Phi) is 4.56. The minimum atomic E-state index is -0.291. The number of aliphatic hydroxyl groups is 1. The van der Waals surface area contributed by atoms with Gasteiger partial charge in [0.15, 0.2) is 0 Å². The van der Waals surface area contributed by atoms with E-state index < -0.39 is 0 Å². The number of methoxy groups -OCH3 is 1. The Morgan fingerprint density at radius 3 is 2.89 bits per heavy atom. The third-order valence-electron chi connectivity index (χ3n) is 3.76. The normalized spacial score (nSPS) is 24.2. The van der Waals surface area contributed by atoms with Crippen LogP contribution >= 0.6 is 0 Å². The molecular formula is C15H21NO3. The monoisotopic (exact) mass is 263 g/mol. The summed E-state index contributed by atoms with van der Waals surface area (Å²) in [6.45, 7) is 4.50. The molecule has 1 saturated heterocycles. The number of carbonyl (C=O) groups is 1. The van der Waals surface area contributed by atoms with Gasteiger partial charge in [-0.15, -0.1) is 0 Å². The van der Waals surface area contributed by atoms with Crippen molar-refractivity contribution in [2.45, 2.75) is 26.0 Å². The SMILES string of the molecule is COC(=O)c1ccccc1CN1CCC(O)C(C)C1. The molecule has 104 valence electrons. The quantitative estimate of drug-likeness (QED) is 0.843. The zero-order valence-corrected chi connectivity index (χ0v) is 11.5. The summed E-state index contributed by atoms with van der Waals surface area (Å²) in [5.41, 5.74) is 1.61. The Morgan fingerprint density at radius 1 is 1.47 bits per heavy atom. The fourth-order valence-corrected chi connectivity index (χ4v) is 2.57. The van der Waals surface area contributed by atoms with Crippen LogP contribution in [0.25, 0.3) is 0 Å². The average Bonchev–Trinajstić information content (AvgIpc) is 2.43. The van der Waals surface area contributed by atoms with E-state index in [0.29, 0.717) is 5.56 Å². The molecule has 2 unspecified atom stereocenters. The summed E-state index contributed by atoms with van der Waals surface area (Å²) < 4.78 is 4.81. The Bertz CT molecular complexity index is 447. The van der Waals surface area contributed by atoms with Gasteiger partial charge in [0.2, 0.25) is 0 Å². The number of carbonyl (C=O) groups excluding carboxylic acids is 1. The van der Waals surface area contributed by atoms with Crippen LogP contribution in [-0.2, 0) is 11.3 Å². The second-order valence-electron chi connectivity index (χ2n) is 5.22. The number of likely N-dealkylation sites (tertiary alicyclic amines) is 1. The fraction of sp³-hybridized carbons (Fsp3) is 0.533. The van der Waals surface area contributed by atoms with E-state index in [1.165, 1.54) is 7.11 Å². The van der Waals surface area contributed by atoms with Crippen LogP contribution in [0.2, 0.25) is 0 Å². The standard InChI is InChI=1S/C15H21NO3/c1-11-9-16(8-7-14(11)17)10-12-5-3-4-6-13(12)15(18)19-2/h3-6,11,14,17H,7-10H2,1-2H3. The van der Waals surface area contributed by atoms with Crippen LogP contribution in [0.3, 0.4) is 0 Å². The van der Waals surface area contributed by atoms with Crippen molar-refractivity contribution in [1.29, 1.82) is 0 Å². The summed E-state index contributed by atoms with van der Waals surface area (Å²) in [6.07, 6.45) is 0.591. The maximum absolute atomic E-state index is 11.7. The van der Waals surface area contributed by atoms with Crippen molar-refractivity contribution in [2.75, 3.05) is 20.2 Å². The molecule has 4 heteroatoms. The van der Waals surface area contributed by atoms with E-state index in [1.807, 2.05) is 18.2 Å². The molecule has 0 aliphatic carbocycles. The molecule has 1 fully saturated rings. The number of esters is 1. The predicted octanol–water partition coefficient (Wildman–Crippen LogP) is 1.68. The maximum atomic E-state index is 11.7. The second kappa shape index (κ2) is 6.17. The van der Waals surface area contributed by atoms with E-state index >= 15 is 0 Å². The molecule has 0 aromatic heterocycles. The van der Waals surface area contributed by atoms with Crippen LogP contribution in [-0.4, -0.2) is 42.3 Å². The zero-order valence-electron chi connectivity index (χ0n) is 11.5. The fourth-order valence-electron chi connectivity index (χ4n) is 2.57. The first kappa shape index (κ1) is 14.0. The summed E-state index contributed by atoms with van der Waals surface area (Å²) >= 11 is 0. The molecule has 1 aromatic carbocycles. The van der Waals surface area contributed by atoms with Gasteiger partial charge in [0.25, 0.3) is 0 Å². The van der Waals surface area contributed by atoms with Crippen LogP contribution < -0.4 is 0 Å². The van der Waals surface area contributed by atoms with Crippen molar-refractivity contribution < 1.29 is 14.6 Å². The molecule has 1 aliphatic rings. The first-order valence-electron chi connectivity index (χ1n) is 6.68. The molecule has 19 heavy (non-hydrogen) atoms. The Labute approximate surface area is 114 Å². The molecule has 1 aromatic rings. The number of hydrogen-bond acceptors (Lipinski definition) is 4. The first-order valence-corrected chi connectivity index (χ1v) is 6.68. The highest BCUT2D eigenvalue weighted by Crippen LogP contribution is 2.20. The number of hydrogen-bond donors (Lipinski definition) is 1. The highest BCUT2D eigenvalue weighted by atomic mass is 16.5. The zero-order chi connectivity index (χ0) is 13.8. The summed E-state index contributed by atoms with van der Waals surface area (Å²) in [4.78, 5) is 14.0. The largest absolute Gasteiger partial charge is 0.465 e. The molecule has 0 radical (unpaired) electrons. The highest BCUT2D eigenvalue weighted by molar-refractivity contribution is 5.90. The number of ether oxygens (including phenoxy) is 1. The average molecular weight is 263 g/mol. The molecule has 0 bridgehead atoms.